The molecule has 1 heterocycles. The first-order chi connectivity index (χ1) is 5.24. The zero-order valence-electron chi connectivity index (χ0n) is 6.72. The van der Waals surface area contributed by atoms with E-state index in [0.717, 1.165) is 18.5 Å². The Morgan fingerprint density at radius 2 is 2.64 bits per heavy atom. The average Bonchev–Trinajstić information content (AvgIpc) is 2.36. The zero-order valence-corrected chi connectivity index (χ0v) is 6.72. The van der Waals surface area contributed by atoms with Gasteiger partial charge in [0.05, 0.1) is 6.61 Å². The van der Waals surface area contributed by atoms with Crippen molar-refractivity contribution in [1.29, 1.82) is 0 Å². The van der Waals surface area contributed by atoms with Gasteiger partial charge < -0.3 is 10.1 Å². The summed E-state index contributed by atoms with van der Waals surface area (Å²) < 4.78 is 4.83. The van der Waals surface area contributed by atoms with Gasteiger partial charge in [-0.25, -0.2) is 0 Å². The highest BCUT2D eigenvalue weighted by Crippen LogP contribution is 2.11. The first-order valence-electron chi connectivity index (χ1n) is 3.80. The lowest BCUT2D eigenvalue weighted by atomic mass is 10.2. The first kappa shape index (κ1) is 8.27. The summed E-state index contributed by atoms with van der Waals surface area (Å²) in [7, 11) is 0. The van der Waals surface area contributed by atoms with Crippen LogP contribution in [0, 0.1) is 0 Å². The van der Waals surface area contributed by atoms with Gasteiger partial charge in [0.25, 0.3) is 0 Å². The molecule has 1 atom stereocenters. The molecule has 1 rings (SSSR count). The van der Waals surface area contributed by atoms with Crippen molar-refractivity contribution < 1.29 is 9.53 Å². The maximum absolute atomic E-state index is 11.1. The van der Waals surface area contributed by atoms with Gasteiger partial charge in [0, 0.05) is 6.54 Å². The van der Waals surface area contributed by atoms with E-state index in [2.05, 4.69) is 11.9 Å². The molecular formula is C8H13NO2. The van der Waals surface area contributed by atoms with E-state index in [4.69, 9.17) is 4.74 Å². The van der Waals surface area contributed by atoms with Gasteiger partial charge in [0.15, 0.2) is 0 Å². The third-order valence-corrected chi connectivity index (χ3v) is 1.66. The molecule has 1 saturated heterocycles. The van der Waals surface area contributed by atoms with Gasteiger partial charge in [-0.1, -0.05) is 12.2 Å². The standard InChI is InChI=1S/C8H13NO2/c1-3-11-8(10)7-4-6(2)5-9-7/h7,9H,2-5H2,1H3. The molecule has 62 valence electrons. The number of hydrogen-bond acceptors (Lipinski definition) is 3. The molecule has 1 fully saturated rings. The Hall–Kier alpha value is -0.830. The number of esters is 1. The summed E-state index contributed by atoms with van der Waals surface area (Å²) in [6.07, 6.45) is 0.721. The molecule has 0 bridgehead atoms. The molecule has 0 saturated carbocycles. The molecule has 0 radical (unpaired) electrons. The maximum atomic E-state index is 11.1. The monoisotopic (exact) mass is 155 g/mol. The van der Waals surface area contributed by atoms with E-state index in [1.807, 2.05) is 6.92 Å². The van der Waals surface area contributed by atoms with Gasteiger partial charge in [0.1, 0.15) is 6.04 Å². The number of carbonyl (C=O) groups is 1. The smallest absolute Gasteiger partial charge is 0.323 e. The molecule has 11 heavy (non-hydrogen) atoms. The van der Waals surface area contributed by atoms with Gasteiger partial charge in [0.2, 0.25) is 0 Å². The Bertz CT molecular complexity index is 177. The highest BCUT2D eigenvalue weighted by atomic mass is 16.5. The molecule has 3 nitrogen and oxygen atoms in total. The van der Waals surface area contributed by atoms with Crippen LogP contribution < -0.4 is 5.32 Å². The van der Waals surface area contributed by atoms with Crippen LogP contribution in [0.15, 0.2) is 12.2 Å². The fourth-order valence-electron chi connectivity index (χ4n) is 1.11. The first-order valence-corrected chi connectivity index (χ1v) is 3.80. The van der Waals surface area contributed by atoms with Crippen LogP contribution in [0.4, 0.5) is 0 Å². The number of nitrogens with one attached hydrogen (secondary N) is 1. The average molecular weight is 155 g/mol. The SMILES string of the molecule is C=C1CNC(C(=O)OCC)C1. The van der Waals surface area contributed by atoms with Crippen molar-refractivity contribution in [2.75, 3.05) is 13.2 Å². The molecule has 1 aliphatic rings. The van der Waals surface area contributed by atoms with E-state index in [1.165, 1.54) is 0 Å². The largest absolute Gasteiger partial charge is 0.465 e. The minimum atomic E-state index is -0.161. The van der Waals surface area contributed by atoms with Crippen molar-refractivity contribution in [2.24, 2.45) is 0 Å². The summed E-state index contributed by atoms with van der Waals surface area (Å²) in [4.78, 5) is 11.1. The summed E-state index contributed by atoms with van der Waals surface area (Å²) >= 11 is 0. The molecule has 0 aromatic rings. The second kappa shape index (κ2) is 3.53. The lowest BCUT2D eigenvalue weighted by Crippen LogP contribution is -2.32. The second-order valence-electron chi connectivity index (χ2n) is 2.64. The number of ether oxygens (including phenoxy) is 1. The predicted molar refractivity (Wildman–Crippen MR) is 42.2 cm³/mol. The molecular weight excluding hydrogens is 142 g/mol. The van der Waals surface area contributed by atoms with Crippen molar-refractivity contribution in [3.63, 3.8) is 0 Å². The van der Waals surface area contributed by atoms with Gasteiger partial charge >= 0.3 is 5.97 Å². The highest BCUT2D eigenvalue weighted by molar-refractivity contribution is 5.76. The predicted octanol–water partition coefficient (Wildman–Crippen LogP) is 0.468. The Balaban J connectivity index is 2.37. The van der Waals surface area contributed by atoms with Crippen molar-refractivity contribution in [1.82, 2.24) is 5.32 Å². The van der Waals surface area contributed by atoms with E-state index in [9.17, 15) is 4.79 Å². The molecule has 0 aromatic heterocycles. The summed E-state index contributed by atoms with van der Waals surface area (Å²) in [5.74, 6) is -0.161. The van der Waals surface area contributed by atoms with Crippen molar-refractivity contribution >= 4 is 5.97 Å². The van der Waals surface area contributed by atoms with Gasteiger partial charge in [-0.3, -0.25) is 4.79 Å². The van der Waals surface area contributed by atoms with Crippen molar-refractivity contribution in [3.8, 4) is 0 Å². The molecule has 1 unspecified atom stereocenters. The summed E-state index contributed by atoms with van der Waals surface area (Å²) in [6, 6.07) is -0.151. The van der Waals surface area contributed by atoms with Crippen LogP contribution in [-0.4, -0.2) is 25.2 Å². The van der Waals surface area contributed by atoms with Crippen LogP contribution in [0.2, 0.25) is 0 Å². The second-order valence-corrected chi connectivity index (χ2v) is 2.64. The summed E-state index contributed by atoms with van der Waals surface area (Å²) in [5.41, 5.74) is 1.07. The Kier molecular flexibility index (Phi) is 2.65. The quantitative estimate of drug-likeness (QED) is 0.465. The zero-order chi connectivity index (χ0) is 8.27. The third-order valence-electron chi connectivity index (χ3n) is 1.66. The topological polar surface area (TPSA) is 38.3 Å². The minimum Gasteiger partial charge on any atom is -0.465 e. The molecule has 0 aromatic carbocycles. The number of carbonyl (C=O) groups excluding carboxylic acids is 1. The fourth-order valence-corrected chi connectivity index (χ4v) is 1.11. The lowest BCUT2D eigenvalue weighted by molar-refractivity contribution is -0.145. The van der Waals surface area contributed by atoms with Crippen molar-refractivity contribution in [3.05, 3.63) is 12.2 Å². The molecule has 1 aliphatic heterocycles. The van der Waals surface area contributed by atoms with Crippen LogP contribution in [0.1, 0.15) is 13.3 Å². The van der Waals surface area contributed by atoms with E-state index in [-0.39, 0.29) is 12.0 Å². The summed E-state index contributed by atoms with van der Waals surface area (Å²) in [6.45, 7) is 6.77. The summed E-state index contributed by atoms with van der Waals surface area (Å²) in [5, 5.41) is 3.02. The normalized spacial score (nSPS) is 23.7. The van der Waals surface area contributed by atoms with Gasteiger partial charge in [-0.2, -0.15) is 0 Å². The molecule has 0 spiro atoms. The maximum Gasteiger partial charge on any atom is 0.323 e. The van der Waals surface area contributed by atoms with Gasteiger partial charge in [-0.05, 0) is 13.3 Å². The third kappa shape index (κ3) is 2.05. The van der Waals surface area contributed by atoms with Crippen LogP contribution >= 0.6 is 0 Å². The molecule has 0 amide bonds. The lowest BCUT2D eigenvalue weighted by Gasteiger charge is -2.07. The van der Waals surface area contributed by atoms with E-state index in [0.29, 0.717) is 6.61 Å². The van der Waals surface area contributed by atoms with Crippen LogP contribution in [0.3, 0.4) is 0 Å². The molecule has 3 heteroatoms. The van der Waals surface area contributed by atoms with Gasteiger partial charge in [-0.15, -0.1) is 0 Å². The Morgan fingerprint density at radius 3 is 3.09 bits per heavy atom. The fraction of sp³-hybridized carbons (Fsp3) is 0.625. The number of rotatable bonds is 2. The minimum absolute atomic E-state index is 0.151. The highest BCUT2D eigenvalue weighted by Gasteiger charge is 2.24. The van der Waals surface area contributed by atoms with Crippen LogP contribution in [0.5, 0.6) is 0 Å². The van der Waals surface area contributed by atoms with E-state index < -0.39 is 0 Å². The van der Waals surface area contributed by atoms with Crippen LogP contribution in [-0.2, 0) is 9.53 Å². The van der Waals surface area contributed by atoms with Crippen LogP contribution in [0.25, 0.3) is 0 Å². The Labute approximate surface area is 66.4 Å². The van der Waals surface area contributed by atoms with E-state index in [1.54, 1.807) is 0 Å². The number of hydrogen-bond donors (Lipinski definition) is 1. The van der Waals surface area contributed by atoms with Crippen molar-refractivity contribution in [2.45, 2.75) is 19.4 Å². The van der Waals surface area contributed by atoms with E-state index >= 15 is 0 Å². The molecule has 0 aliphatic carbocycles. The molecule has 1 N–H and O–H groups in total. The Morgan fingerprint density at radius 1 is 1.91 bits per heavy atom.